The van der Waals surface area contributed by atoms with Crippen LogP contribution in [0.2, 0.25) is 0 Å². The average molecular weight is 319 g/mol. The lowest BCUT2D eigenvalue weighted by Gasteiger charge is -2.38. The van der Waals surface area contributed by atoms with Crippen LogP contribution in [0.25, 0.3) is 10.8 Å². The molecule has 1 aliphatic rings. The summed E-state index contributed by atoms with van der Waals surface area (Å²) in [6.07, 6.45) is 2.08. The summed E-state index contributed by atoms with van der Waals surface area (Å²) in [7, 11) is 0. The van der Waals surface area contributed by atoms with Crippen molar-refractivity contribution in [3.63, 3.8) is 0 Å². The van der Waals surface area contributed by atoms with Gasteiger partial charge < -0.3 is 10.6 Å². The summed E-state index contributed by atoms with van der Waals surface area (Å²) in [6, 6.07) is 14.2. The molecule has 2 N–H and O–H groups in total. The molecule has 2 aromatic carbocycles. The SMILES string of the molecule is CC1CCN(C(=O)c2ccc3ccccc3c2)C(CN)C1.Cl. The lowest BCUT2D eigenvalue weighted by Crippen LogP contribution is -2.49. The van der Waals surface area contributed by atoms with E-state index in [9.17, 15) is 4.79 Å². The van der Waals surface area contributed by atoms with Crippen LogP contribution in [0.15, 0.2) is 42.5 Å². The summed E-state index contributed by atoms with van der Waals surface area (Å²) in [5.41, 5.74) is 6.63. The highest BCUT2D eigenvalue weighted by Gasteiger charge is 2.29. The van der Waals surface area contributed by atoms with E-state index in [4.69, 9.17) is 5.73 Å². The predicted molar refractivity (Wildman–Crippen MR) is 93.5 cm³/mol. The second-order valence-electron chi connectivity index (χ2n) is 6.08. The smallest absolute Gasteiger partial charge is 0.254 e. The Morgan fingerprint density at radius 3 is 2.68 bits per heavy atom. The molecule has 2 atom stereocenters. The molecule has 0 radical (unpaired) electrons. The number of carbonyl (C=O) groups excluding carboxylic acids is 1. The van der Waals surface area contributed by atoms with Gasteiger partial charge >= 0.3 is 0 Å². The number of likely N-dealkylation sites (tertiary alicyclic amines) is 1. The van der Waals surface area contributed by atoms with Crippen molar-refractivity contribution in [2.45, 2.75) is 25.8 Å². The van der Waals surface area contributed by atoms with Gasteiger partial charge in [-0.25, -0.2) is 0 Å². The van der Waals surface area contributed by atoms with Crippen molar-refractivity contribution in [3.05, 3.63) is 48.0 Å². The molecule has 1 fully saturated rings. The van der Waals surface area contributed by atoms with E-state index in [1.54, 1.807) is 0 Å². The van der Waals surface area contributed by atoms with Crippen LogP contribution in [0.4, 0.5) is 0 Å². The van der Waals surface area contributed by atoms with Gasteiger partial charge in [0.2, 0.25) is 0 Å². The van der Waals surface area contributed by atoms with Crippen LogP contribution in [0, 0.1) is 5.92 Å². The number of nitrogens with zero attached hydrogens (tertiary/aromatic N) is 1. The number of hydrogen-bond donors (Lipinski definition) is 1. The third-order valence-corrected chi connectivity index (χ3v) is 4.51. The lowest BCUT2D eigenvalue weighted by atomic mass is 9.91. The highest BCUT2D eigenvalue weighted by molar-refractivity contribution is 5.98. The molecule has 3 rings (SSSR count). The Labute approximate surface area is 137 Å². The molecule has 22 heavy (non-hydrogen) atoms. The zero-order valence-corrected chi connectivity index (χ0v) is 13.7. The molecule has 1 saturated heterocycles. The Bertz CT molecular complexity index is 658. The Morgan fingerprint density at radius 1 is 1.23 bits per heavy atom. The first-order valence-electron chi connectivity index (χ1n) is 7.69. The van der Waals surface area contributed by atoms with Gasteiger partial charge in [0.25, 0.3) is 5.91 Å². The largest absolute Gasteiger partial charge is 0.334 e. The number of halogens is 1. The number of benzene rings is 2. The minimum absolute atomic E-state index is 0. The van der Waals surface area contributed by atoms with Gasteiger partial charge in [0.05, 0.1) is 0 Å². The van der Waals surface area contributed by atoms with Crippen molar-refractivity contribution in [1.82, 2.24) is 4.90 Å². The maximum Gasteiger partial charge on any atom is 0.254 e. The molecular formula is C18H23ClN2O. The van der Waals surface area contributed by atoms with Crippen molar-refractivity contribution in [1.29, 1.82) is 0 Å². The zero-order chi connectivity index (χ0) is 14.8. The van der Waals surface area contributed by atoms with Crippen LogP contribution in [-0.4, -0.2) is 29.9 Å². The first kappa shape index (κ1) is 16.8. The molecule has 0 aromatic heterocycles. The predicted octanol–water partition coefficient (Wildman–Crippen LogP) is 3.46. The Hall–Kier alpha value is -1.58. The minimum atomic E-state index is 0. The molecule has 1 amide bonds. The lowest BCUT2D eigenvalue weighted by molar-refractivity contribution is 0.0574. The third-order valence-electron chi connectivity index (χ3n) is 4.51. The average Bonchev–Trinajstić information content (AvgIpc) is 2.53. The number of amides is 1. The van der Waals surface area contributed by atoms with E-state index in [2.05, 4.69) is 13.0 Å². The highest BCUT2D eigenvalue weighted by atomic mass is 35.5. The summed E-state index contributed by atoms with van der Waals surface area (Å²) >= 11 is 0. The summed E-state index contributed by atoms with van der Waals surface area (Å²) in [6.45, 7) is 3.60. The van der Waals surface area contributed by atoms with Crippen LogP contribution >= 0.6 is 12.4 Å². The standard InChI is InChI=1S/C18H22N2O.ClH/c1-13-8-9-20(17(10-13)12-19)18(21)16-7-6-14-4-2-3-5-15(14)11-16;/h2-7,11,13,17H,8-10,12,19H2,1H3;1H. The zero-order valence-electron chi connectivity index (χ0n) is 12.9. The normalized spacial score (nSPS) is 21.5. The Balaban J connectivity index is 0.00000176. The fourth-order valence-electron chi connectivity index (χ4n) is 3.23. The van der Waals surface area contributed by atoms with Gasteiger partial charge in [-0.1, -0.05) is 37.3 Å². The summed E-state index contributed by atoms with van der Waals surface area (Å²) in [5.74, 6) is 0.766. The van der Waals surface area contributed by atoms with Crippen LogP contribution in [0.1, 0.15) is 30.1 Å². The minimum Gasteiger partial charge on any atom is -0.334 e. The van der Waals surface area contributed by atoms with E-state index in [1.807, 2.05) is 41.3 Å². The maximum absolute atomic E-state index is 12.8. The van der Waals surface area contributed by atoms with E-state index in [1.165, 1.54) is 0 Å². The van der Waals surface area contributed by atoms with Crippen molar-refractivity contribution in [2.75, 3.05) is 13.1 Å². The molecule has 0 bridgehead atoms. The summed E-state index contributed by atoms with van der Waals surface area (Å²) in [5, 5.41) is 2.27. The van der Waals surface area contributed by atoms with Crippen LogP contribution < -0.4 is 5.73 Å². The van der Waals surface area contributed by atoms with Crippen molar-refractivity contribution < 1.29 is 4.79 Å². The van der Waals surface area contributed by atoms with Crippen LogP contribution in [0.5, 0.6) is 0 Å². The Morgan fingerprint density at radius 2 is 1.95 bits per heavy atom. The quantitative estimate of drug-likeness (QED) is 0.921. The van der Waals surface area contributed by atoms with Crippen LogP contribution in [-0.2, 0) is 0 Å². The van der Waals surface area contributed by atoms with E-state index in [0.29, 0.717) is 12.5 Å². The third kappa shape index (κ3) is 3.26. The van der Waals surface area contributed by atoms with E-state index < -0.39 is 0 Å². The number of nitrogens with two attached hydrogens (primary N) is 1. The second-order valence-corrected chi connectivity index (χ2v) is 6.08. The van der Waals surface area contributed by atoms with Gasteiger partial charge in [-0.2, -0.15) is 0 Å². The fourth-order valence-corrected chi connectivity index (χ4v) is 3.23. The molecule has 2 unspecified atom stereocenters. The first-order chi connectivity index (χ1) is 10.2. The van der Waals surface area contributed by atoms with Crippen molar-refractivity contribution in [3.8, 4) is 0 Å². The van der Waals surface area contributed by atoms with E-state index >= 15 is 0 Å². The number of hydrogen-bond acceptors (Lipinski definition) is 2. The van der Waals surface area contributed by atoms with Gasteiger partial charge in [-0.15, -0.1) is 12.4 Å². The van der Waals surface area contributed by atoms with Gasteiger partial charge in [0.15, 0.2) is 0 Å². The molecule has 118 valence electrons. The molecule has 3 nitrogen and oxygen atoms in total. The summed E-state index contributed by atoms with van der Waals surface area (Å²) in [4.78, 5) is 14.8. The highest BCUT2D eigenvalue weighted by Crippen LogP contribution is 2.24. The van der Waals surface area contributed by atoms with Gasteiger partial charge in [-0.05, 0) is 41.7 Å². The topological polar surface area (TPSA) is 46.3 Å². The summed E-state index contributed by atoms with van der Waals surface area (Å²) < 4.78 is 0. The molecular weight excluding hydrogens is 296 g/mol. The van der Waals surface area contributed by atoms with Crippen molar-refractivity contribution >= 4 is 29.1 Å². The van der Waals surface area contributed by atoms with Gasteiger partial charge in [-0.3, -0.25) is 4.79 Å². The molecule has 1 aliphatic heterocycles. The number of fused-ring (bicyclic) bond motifs is 1. The molecule has 0 saturated carbocycles. The molecule has 1 heterocycles. The van der Waals surface area contributed by atoms with E-state index in [0.717, 1.165) is 35.7 Å². The van der Waals surface area contributed by atoms with E-state index in [-0.39, 0.29) is 24.4 Å². The molecule has 0 spiro atoms. The number of carbonyl (C=O) groups is 1. The molecule has 0 aliphatic carbocycles. The van der Waals surface area contributed by atoms with Crippen LogP contribution in [0.3, 0.4) is 0 Å². The van der Waals surface area contributed by atoms with Crippen molar-refractivity contribution in [2.24, 2.45) is 11.7 Å². The fraction of sp³-hybridized carbons (Fsp3) is 0.389. The number of piperidine rings is 1. The maximum atomic E-state index is 12.8. The number of rotatable bonds is 2. The first-order valence-corrected chi connectivity index (χ1v) is 7.69. The van der Waals surface area contributed by atoms with Gasteiger partial charge in [0.1, 0.15) is 0 Å². The second kappa shape index (κ2) is 7.12. The molecule has 4 heteroatoms. The van der Waals surface area contributed by atoms with Gasteiger partial charge in [0, 0.05) is 24.7 Å². The Kier molecular flexibility index (Phi) is 5.43. The monoisotopic (exact) mass is 318 g/mol. The molecule has 2 aromatic rings.